The molecule has 4 rings (SSSR count). The van der Waals surface area contributed by atoms with Gasteiger partial charge in [-0.05, 0) is 54.2 Å². The second kappa shape index (κ2) is 6.46. The first-order chi connectivity index (χ1) is 12.7. The van der Waals surface area contributed by atoms with Crippen molar-refractivity contribution in [3.8, 4) is 0 Å². The molecule has 0 bridgehead atoms. The molecule has 2 aliphatic rings. The van der Waals surface area contributed by atoms with Crippen LogP contribution in [0, 0.1) is 6.92 Å². The van der Waals surface area contributed by atoms with Gasteiger partial charge in [0.1, 0.15) is 0 Å². The molecule has 2 heteroatoms. The molecule has 0 aromatic heterocycles. The molecule has 1 heterocycles. The lowest BCUT2D eigenvalue weighted by Crippen LogP contribution is -2.40. The quantitative estimate of drug-likeness (QED) is 0.652. The highest BCUT2D eigenvalue weighted by Gasteiger charge is 2.42. The summed E-state index contributed by atoms with van der Waals surface area (Å²) in [4.78, 5) is 0. The Bertz CT molecular complexity index is 824. The minimum Gasteiger partial charge on any atom is -0.342 e. The SMILES string of the molecule is Cc1ccc(C2(c3ccc4c(c3)C(C)(C)CCC4(C)C)OCCCO2)cc1. The third-order valence-electron chi connectivity index (χ3n) is 6.56. The molecule has 2 aromatic carbocycles. The largest absolute Gasteiger partial charge is 0.342 e. The van der Waals surface area contributed by atoms with Crippen LogP contribution in [0.25, 0.3) is 0 Å². The van der Waals surface area contributed by atoms with Crippen molar-refractivity contribution < 1.29 is 9.47 Å². The molecular weight excluding hydrogens is 332 g/mol. The highest BCUT2D eigenvalue weighted by Crippen LogP contribution is 2.48. The maximum absolute atomic E-state index is 6.37. The van der Waals surface area contributed by atoms with Gasteiger partial charge in [-0.15, -0.1) is 0 Å². The van der Waals surface area contributed by atoms with E-state index >= 15 is 0 Å². The van der Waals surface area contributed by atoms with E-state index in [1.807, 2.05) is 0 Å². The van der Waals surface area contributed by atoms with E-state index in [0.717, 1.165) is 30.8 Å². The van der Waals surface area contributed by atoms with E-state index in [9.17, 15) is 0 Å². The summed E-state index contributed by atoms with van der Waals surface area (Å²) in [7, 11) is 0. The fraction of sp³-hybridized carbons (Fsp3) is 0.520. The summed E-state index contributed by atoms with van der Waals surface area (Å²) in [6, 6.07) is 15.5. The fourth-order valence-corrected chi connectivity index (χ4v) is 4.60. The number of fused-ring (bicyclic) bond motifs is 1. The predicted octanol–water partition coefficient (Wildman–Crippen LogP) is 5.98. The topological polar surface area (TPSA) is 18.5 Å². The summed E-state index contributed by atoms with van der Waals surface area (Å²) < 4.78 is 12.7. The van der Waals surface area contributed by atoms with Crippen LogP contribution in [-0.2, 0) is 26.1 Å². The van der Waals surface area contributed by atoms with Crippen molar-refractivity contribution in [3.05, 3.63) is 70.3 Å². The molecule has 1 aliphatic heterocycles. The first-order valence-corrected chi connectivity index (χ1v) is 10.3. The van der Waals surface area contributed by atoms with Gasteiger partial charge in [0, 0.05) is 11.1 Å². The molecule has 1 fully saturated rings. The Morgan fingerprint density at radius 3 is 1.89 bits per heavy atom. The minimum atomic E-state index is -0.793. The summed E-state index contributed by atoms with van der Waals surface area (Å²) >= 11 is 0. The van der Waals surface area contributed by atoms with E-state index in [0.29, 0.717) is 0 Å². The van der Waals surface area contributed by atoms with Gasteiger partial charge in [-0.2, -0.15) is 0 Å². The van der Waals surface area contributed by atoms with Crippen LogP contribution in [0.1, 0.15) is 74.8 Å². The van der Waals surface area contributed by atoms with Crippen molar-refractivity contribution in [2.75, 3.05) is 13.2 Å². The highest BCUT2D eigenvalue weighted by molar-refractivity contribution is 5.47. The smallest absolute Gasteiger partial charge is 0.222 e. The maximum atomic E-state index is 6.37. The first-order valence-electron chi connectivity index (χ1n) is 10.3. The molecule has 1 aliphatic carbocycles. The molecule has 27 heavy (non-hydrogen) atoms. The standard InChI is InChI=1S/C25H32O2/c1-18-7-9-19(10-8-18)25(26-15-6-16-27-25)20-11-12-21-22(17-20)24(4,5)14-13-23(21,2)3/h7-12,17H,6,13-16H2,1-5H3. The normalized spacial score (nSPS) is 22.9. The molecule has 0 N–H and O–H groups in total. The second-order valence-electron chi connectivity index (χ2n) is 9.56. The third kappa shape index (κ3) is 3.13. The van der Waals surface area contributed by atoms with E-state index in [1.165, 1.54) is 29.5 Å². The molecule has 2 nitrogen and oxygen atoms in total. The Labute approximate surface area is 163 Å². The van der Waals surface area contributed by atoms with Crippen LogP contribution in [-0.4, -0.2) is 13.2 Å². The van der Waals surface area contributed by atoms with E-state index in [-0.39, 0.29) is 10.8 Å². The summed E-state index contributed by atoms with van der Waals surface area (Å²) in [5.41, 5.74) is 6.76. The zero-order valence-corrected chi connectivity index (χ0v) is 17.4. The molecule has 0 amide bonds. The highest BCUT2D eigenvalue weighted by atomic mass is 16.7. The van der Waals surface area contributed by atoms with Crippen LogP contribution in [0.4, 0.5) is 0 Å². The number of rotatable bonds is 2. The molecule has 0 radical (unpaired) electrons. The lowest BCUT2D eigenvalue weighted by molar-refractivity contribution is -0.249. The fourth-order valence-electron chi connectivity index (χ4n) is 4.60. The predicted molar refractivity (Wildman–Crippen MR) is 110 cm³/mol. The Kier molecular flexibility index (Phi) is 4.48. The molecule has 2 aromatic rings. The van der Waals surface area contributed by atoms with E-state index in [2.05, 4.69) is 77.1 Å². The number of benzene rings is 2. The van der Waals surface area contributed by atoms with Crippen LogP contribution in [0.15, 0.2) is 42.5 Å². The second-order valence-corrected chi connectivity index (χ2v) is 9.56. The van der Waals surface area contributed by atoms with Crippen molar-refractivity contribution in [1.29, 1.82) is 0 Å². The van der Waals surface area contributed by atoms with Crippen LogP contribution >= 0.6 is 0 Å². The van der Waals surface area contributed by atoms with Gasteiger partial charge in [0.05, 0.1) is 13.2 Å². The van der Waals surface area contributed by atoms with Crippen molar-refractivity contribution in [3.63, 3.8) is 0 Å². The molecular formula is C25H32O2. The Balaban J connectivity index is 1.88. The Morgan fingerprint density at radius 1 is 0.704 bits per heavy atom. The van der Waals surface area contributed by atoms with Crippen LogP contribution in [0.3, 0.4) is 0 Å². The molecule has 144 valence electrons. The number of hydrogen-bond acceptors (Lipinski definition) is 2. The number of aryl methyl sites for hydroxylation is 1. The van der Waals surface area contributed by atoms with Crippen LogP contribution < -0.4 is 0 Å². The first kappa shape index (κ1) is 18.7. The van der Waals surface area contributed by atoms with E-state index in [4.69, 9.17) is 9.47 Å². The molecule has 0 unspecified atom stereocenters. The zero-order valence-electron chi connectivity index (χ0n) is 17.4. The van der Waals surface area contributed by atoms with Gasteiger partial charge in [0.15, 0.2) is 0 Å². The van der Waals surface area contributed by atoms with Gasteiger partial charge in [-0.3, -0.25) is 0 Å². The monoisotopic (exact) mass is 364 g/mol. The van der Waals surface area contributed by atoms with E-state index in [1.54, 1.807) is 0 Å². The molecule has 0 atom stereocenters. The molecule has 0 saturated carbocycles. The summed E-state index contributed by atoms with van der Waals surface area (Å²) in [6.45, 7) is 13.0. The van der Waals surface area contributed by atoms with Crippen molar-refractivity contribution >= 4 is 0 Å². The molecule has 0 spiro atoms. The maximum Gasteiger partial charge on any atom is 0.222 e. The van der Waals surface area contributed by atoms with Gasteiger partial charge in [0.25, 0.3) is 0 Å². The average molecular weight is 365 g/mol. The van der Waals surface area contributed by atoms with Crippen LogP contribution in [0.2, 0.25) is 0 Å². The van der Waals surface area contributed by atoms with Crippen LogP contribution in [0.5, 0.6) is 0 Å². The lowest BCUT2D eigenvalue weighted by atomic mass is 9.62. The minimum absolute atomic E-state index is 0.171. The zero-order chi connectivity index (χ0) is 19.3. The van der Waals surface area contributed by atoms with Crippen molar-refractivity contribution in [2.45, 2.75) is 70.5 Å². The lowest BCUT2D eigenvalue weighted by Gasteiger charge is -2.44. The number of ether oxygens (including phenoxy) is 2. The van der Waals surface area contributed by atoms with Gasteiger partial charge >= 0.3 is 0 Å². The summed E-state index contributed by atoms with van der Waals surface area (Å²) in [6.07, 6.45) is 3.37. The summed E-state index contributed by atoms with van der Waals surface area (Å²) in [5, 5.41) is 0. The van der Waals surface area contributed by atoms with Gasteiger partial charge < -0.3 is 9.47 Å². The van der Waals surface area contributed by atoms with E-state index < -0.39 is 5.79 Å². The van der Waals surface area contributed by atoms with Crippen molar-refractivity contribution in [2.24, 2.45) is 0 Å². The van der Waals surface area contributed by atoms with Gasteiger partial charge in [-0.1, -0.05) is 69.7 Å². The Morgan fingerprint density at radius 2 is 1.26 bits per heavy atom. The average Bonchev–Trinajstić information content (AvgIpc) is 2.66. The third-order valence-corrected chi connectivity index (χ3v) is 6.56. The molecule has 1 saturated heterocycles. The Hall–Kier alpha value is -1.64. The van der Waals surface area contributed by atoms with Gasteiger partial charge in [-0.25, -0.2) is 0 Å². The van der Waals surface area contributed by atoms with Gasteiger partial charge in [0.2, 0.25) is 5.79 Å². The van der Waals surface area contributed by atoms with Crippen molar-refractivity contribution in [1.82, 2.24) is 0 Å². The number of hydrogen-bond donors (Lipinski definition) is 0. The summed E-state index contributed by atoms with van der Waals surface area (Å²) in [5.74, 6) is -0.793.